The first-order valence-electron chi connectivity index (χ1n) is 10.2. The van der Waals surface area contributed by atoms with Crippen molar-refractivity contribution in [1.82, 2.24) is 15.4 Å². The summed E-state index contributed by atoms with van der Waals surface area (Å²) in [5.41, 5.74) is 3.05. The van der Waals surface area contributed by atoms with Crippen LogP contribution in [0.5, 0.6) is 11.5 Å². The molecule has 0 atom stereocenters. The van der Waals surface area contributed by atoms with Gasteiger partial charge in [-0.25, -0.2) is 0 Å². The van der Waals surface area contributed by atoms with E-state index >= 15 is 0 Å². The van der Waals surface area contributed by atoms with E-state index in [4.69, 9.17) is 14.0 Å². The first-order valence-corrected chi connectivity index (χ1v) is 10.2. The summed E-state index contributed by atoms with van der Waals surface area (Å²) in [7, 11) is 3.89. The monoisotopic (exact) mass is 387 g/mol. The fourth-order valence-corrected chi connectivity index (χ4v) is 3.69. The lowest BCUT2D eigenvalue weighted by molar-refractivity contribution is 0.211. The van der Waals surface area contributed by atoms with Crippen molar-refractivity contribution in [2.45, 2.75) is 46.3 Å². The number of methoxy groups -OCH3 is 1. The number of nitrogens with one attached hydrogen (secondary N) is 1. The highest BCUT2D eigenvalue weighted by Gasteiger charge is 2.16. The van der Waals surface area contributed by atoms with E-state index in [1.807, 2.05) is 26.0 Å². The standard InChI is InChI=1S/C22H33N3O3/c1-16-20(17(2)28-24-16)15-27-21-6-5-19(13-22(21)26-4)14-23-10-7-18-8-11-25(3)12-9-18/h5-6,13,18,23H,7-12,14-15H2,1-4H3. The summed E-state index contributed by atoms with van der Waals surface area (Å²) in [6, 6.07) is 6.12. The zero-order valence-electron chi connectivity index (χ0n) is 17.6. The number of benzene rings is 1. The van der Waals surface area contributed by atoms with Gasteiger partial charge in [-0.15, -0.1) is 0 Å². The summed E-state index contributed by atoms with van der Waals surface area (Å²) in [6.07, 6.45) is 3.90. The Morgan fingerprint density at radius 3 is 2.68 bits per heavy atom. The molecule has 2 heterocycles. The molecule has 154 valence electrons. The molecule has 0 bridgehead atoms. The molecule has 6 nitrogen and oxygen atoms in total. The molecule has 1 aromatic carbocycles. The minimum Gasteiger partial charge on any atom is -0.493 e. The van der Waals surface area contributed by atoms with Gasteiger partial charge in [-0.05, 0) is 83.4 Å². The molecule has 0 saturated carbocycles. The molecule has 3 rings (SSSR count). The molecule has 0 radical (unpaired) electrons. The van der Waals surface area contributed by atoms with Gasteiger partial charge >= 0.3 is 0 Å². The van der Waals surface area contributed by atoms with E-state index in [-0.39, 0.29) is 0 Å². The van der Waals surface area contributed by atoms with Gasteiger partial charge in [0.2, 0.25) is 0 Å². The molecule has 0 aliphatic carbocycles. The first-order chi connectivity index (χ1) is 13.6. The van der Waals surface area contributed by atoms with Crippen molar-refractivity contribution in [3.63, 3.8) is 0 Å². The zero-order chi connectivity index (χ0) is 19.9. The molecule has 28 heavy (non-hydrogen) atoms. The zero-order valence-corrected chi connectivity index (χ0v) is 17.6. The molecular formula is C22H33N3O3. The molecule has 2 aromatic rings. The molecule has 1 fully saturated rings. The lowest BCUT2D eigenvalue weighted by Gasteiger charge is -2.28. The van der Waals surface area contributed by atoms with Gasteiger partial charge in [0.25, 0.3) is 0 Å². The van der Waals surface area contributed by atoms with Crippen LogP contribution in [0.1, 0.15) is 41.8 Å². The number of nitrogens with zero attached hydrogens (tertiary/aromatic N) is 2. The second-order valence-corrected chi connectivity index (χ2v) is 7.79. The van der Waals surface area contributed by atoms with Crippen LogP contribution in [0.15, 0.2) is 22.7 Å². The molecule has 1 N–H and O–H groups in total. The number of aromatic nitrogens is 1. The molecule has 1 aromatic heterocycles. The quantitative estimate of drug-likeness (QED) is 0.662. The minimum atomic E-state index is 0.422. The maximum Gasteiger partial charge on any atom is 0.161 e. The molecule has 0 unspecified atom stereocenters. The molecule has 1 saturated heterocycles. The number of aryl methyl sites for hydroxylation is 2. The third-order valence-corrected chi connectivity index (χ3v) is 5.68. The third kappa shape index (κ3) is 5.49. The second kappa shape index (κ2) is 9.94. The highest BCUT2D eigenvalue weighted by molar-refractivity contribution is 5.43. The maximum absolute atomic E-state index is 5.95. The number of likely N-dealkylation sites (tertiary alicyclic amines) is 1. The SMILES string of the molecule is COc1cc(CNCCC2CCN(C)CC2)ccc1OCc1c(C)noc1C. The Labute approximate surface area is 168 Å². The van der Waals surface area contributed by atoms with E-state index in [9.17, 15) is 0 Å². The molecule has 1 aliphatic rings. The van der Waals surface area contributed by atoms with E-state index in [0.717, 1.165) is 47.5 Å². The van der Waals surface area contributed by atoms with Crippen LogP contribution in [0, 0.1) is 19.8 Å². The van der Waals surface area contributed by atoms with E-state index in [1.54, 1.807) is 7.11 Å². The summed E-state index contributed by atoms with van der Waals surface area (Å²) >= 11 is 0. The Morgan fingerprint density at radius 1 is 1.21 bits per heavy atom. The van der Waals surface area contributed by atoms with Crippen molar-refractivity contribution in [2.75, 3.05) is 33.8 Å². The van der Waals surface area contributed by atoms with Gasteiger partial charge in [0.05, 0.1) is 18.4 Å². The van der Waals surface area contributed by atoms with Gasteiger partial charge in [-0.1, -0.05) is 11.2 Å². The number of hydrogen-bond donors (Lipinski definition) is 1. The Hall–Kier alpha value is -2.05. The van der Waals surface area contributed by atoms with Crippen molar-refractivity contribution >= 4 is 0 Å². The van der Waals surface area contributed by atoms with Crippen LogP contribution in [0.25, 0.3) is 0 Å². The van der Waals surface area contributed by atoms with Crippen LogP contribution in [0.4, 0.5) is 0 Å². The molecule has 0 amide bonds. The van der Waals surface area contributed by atoms with Crippen molar-refractivity contribution in [2.24, 2.45) is 5.92 Å². The van der Waals surface area contributed by atoms with E-state index in [1.165, 1.54) is 37.9 Å². The van der Waals surface area contributed by atoms with Crippen LogP contribution < -0.4 is 14.8 Å². The summed E-state index contributed by atoms with van der Waals surface area (Å²) in [4.78, 5) is 2.42. The predicted octanol–water partition coefficient (Wildman–Crippen LogP) is 3.70. The fourth-order valence-electron chi connectivity index (χ4n) is 3.69. The summed E-state index contributed by atoms with van der Waals surface area (Å²) < 4.78 is 16.7. The maximum atomic E-state index is 5.95. The highest BCUT2D eigenvalue weighted by Crippen LogP contribution is 2.29. The first kappa shape index (κ1) is 20.7. The van der Waals surface area contributed by atoms with Gasteiger partial charge in [0.15, 0.2) is 11.5 Å². The van der Waals surface area contributed by atoms with Crippen LogP contribution in [0.2, 0.25) is 0 Å². The fraction of sp³-hybridized carbons (Fsp3) is 0.591. The van der Waals surface area contributed by atoms with E-state index in [2.05, 4.69) is 28.5 Å². The van der Waals surface area contributed by atoms with Crippen LogP contribution in [-0.4, -0.2) is 43.8 Å². The number of hydrogen-bond acceptors (Lipinski definition) is 6. The van der Waals surface area contributed by atoms with Crippen molar-refractivity contribution < 1.29 is 14.0 Å². The average molecular weight is 388 g/mol. The van der Waals surface area contributed by atoms with Gasteiger partial charge in [0, 0.05) is 6.54 Å². The molecule has 6 heteroatoms. The van der Waals surface area contributed by atoms with Gasteiger partial charge in [0.1, 0.15) is 12.4 Å². The summed E-state index contributed by atoms with van der Waals surface area (Å²) in [5, 5.41) is 7.54. The minimum absolute atomic E-state index is 0.422. The predicted molar refractivity (Wildman–Crippen MR) is 110 cm³/mol. The molecule has 0 spiro atoms. The number of ether oxygens (including phenoxy) is 2. The van der Waals surface area contributed by atoms with Crippen molar-refractivity contribution in [1.29, 1.82) is 0 Å². The summed E-state index contributed by atoms with van der Waals surface area (Å²) in [5.74, 6) is 3.14. The Balaban J connectivity index is 1.47. The largest absolute Gasteiger partial charge is 0.493 e. The lowest BCUT2D eigenvalue weighted by atomic mass is 9.94. The number of piperidine rings is 1. The molecular weight excluding hydrogens is 354 g/mol. The number of rotatable bonds is 9. The van der Waals surface area contributed by atoms with Gasteiger partial charge in [-0.3, -0.25) is 0 Å². The Bertz CT molecular complexity index is 732. The van der Waals surface area contributed by atoms with E-state index < -0.39 is 0 Å². The van der Waals surface area contributed by atoms with Crippen LogP contribution in [0.3, 0.4) is 0 Å². The van der Waals surface area contributed by atoms with Crippen molar-refractivity contribution in [3.05, 3.63) is 40.8 Å². The highest BCUT2D eigenvalue weighted by atomic mass is 16.5. The van der Waals surface area contributed by atoms with Gasteiger partial charge in [-0.2, -0.15) is 0 Å². The van der Waals surface area contributed by atoms with Crippen molar-refractivity contribution in [3.8, 4) is 11.5 Å². The topological polar surface area (TPSA) is 59.8 Å². The van der Waals surface area contributed by atoms with E-state index in [0.29, 0.717) is 6.61 Å². The second-order valence-electron chi connectivity index (χ2n) is 7.79. The van der Waals surface area contributed by atoms with Gasteiger partial charge < -0.3 is 24.2 Å². The van der Waals surface area contributed by atoms with Crippen LogP contribution >= 0.6 is 0 Å². The lowest BCUT2D eigenvalue weighted by Crippen LogP contribution is -2.31. The smallest absolute Gasteiger partial charge is 0.161 e. The third-order valence-electron chi connectivity index (χ3n) is 5.68. The Kier molecular flexibility index (Phi) is 7.34. The summed E-state index contributed by atoms with van der Waals surface area (Å²) in [6.45, 7) is 8.61. The Morgan fingerprint density at radius 2 is 2.00 bits per heavy atom. The van der Waals surface area contributed by atoms with Crippen LogP contribution in [-0.2, 0) is 13.2 Å². The molecule has 1 aliphatic heterocycles. The average Bonchev–Trinajstić information content (AvgIpc) is 3.03. The normalized spacial score (nSPS) is 15.7.